The third-order valence-corrected chi connectivity index (χ3v) is 2.92. The predicted molar refractivity (Wildman–Crippen MR) is 58.5 cm³/mol. The number of rotatable bonds is 2. The van der Waals surface area contributed by atoms with Crippen LogP contribution in [0.25, 0.3) is 0 Å². The topological polar surface area (TPSA) is 29.5 Å². The van der Waals surface area contributed by atoms with E-state index in [0.717, 1.165) is 26.0 Å². The van der Waals surface area contributed by atoms with E-state index in [0.29, 0.717) is 0 Å². The van der Waals surface area contributed by atoms with Crippen molar-refractivity contribution in [2.24, 2.45) is 0 Å². The van der Waals surface area contributed by atoms with Gasteiger partial charge in [0, 0.05) is 5.56 Å². The third kappa shape index (κ3) is 2.44. The van der Waals surface area contributed by atoms with Crippen LogP contribution in [0.5, 0.6) is 5.75 Å². The normalized spacial score (nSPS) is 13.5. The number of aliphatic hydroxyl groups is 1. The van der Waals surface area contributed by atoms with Gasteiger partial charge in [-0.3, -0.25) is 0 Å². The summed E-state index contributed by atoms with van der Waals surface area (Å²) in [7, 11) is 1.23. The predicted octanol–water partition coefficient (Wildman–Crippen LogP) is 3.62. The van der Waals surface area contributed by atoms with Crippen LogP contribution in [0.15, 0.2) is 12.1 Å². The highest BCUT2D eigenvalue weighted by molar-refractivity contribution is 5.46. The van der Waals surface area contributed by atoms with Gasteiger partial charge in [0.1, 0.15) is 5.75 Å². The van der Waals surface area contributed by atoms with Crippen molar-refractivity contribution < 1.29 is 36.2 Å². The van der Waals surface area contributed by atoms with Crippen molar-refractivity contribution in [3.63, 3.8) is 0 Å². The van der Waals surface area contributed by atoms with Crippen LogP contribution in [0.2, 0.25) is 0 Å². The van der Waals surface area contributed by atoms with Crippen molar-refractivity contribution in [2.45, 2.75) is 31.8 Å². The number of ether oxygens (including phenoxy) is 1. The first-order chi connectivity index (χ1) is 8.86. The molecule has 0 bridgehead atoms. The number of halogens is 6. The monoisotopic (exact) mass is 302 g/mol. The van der Waals surface area contributed by atoms with Crippen LogP contribution in [-0.2, 0) is 5.60 Å². The molecule has 20 heavy (non-hydrogen) atoms. The Hall–Kier alpha value is -1.44. The van der Waals surface area contributed by atoms with Crippen LogP contribution in [0.1, 0.15) is 16.7 Å². The average molecular weight is 302 g/mol. The Morgan fingerprint density at radius 1 is 0.900 bits per heavy atom. The summed E-state index contributed by atoms with van der Waals surface area (Å²) < 4.78 is 81.7. The van der Waals surface area contributed by atoms with Crippen molar-refractivity contribution in [1.82, 2.24) is 0 Å². The van der Waals surface area contributed by atoms with Gasteiger partial charge < -0.3 is 9.84 Å². The van der Waals surface area contributed by atoms with Crippen LogP contribution in [0.3, 0.4) is 0 Å². The number of alkyl halides is 6. The van der Waals surface area contributed by atoms with E-state index in [1.54, 1.807) is 0 Å². The van der Waals surface area contributed by atoms with Gasteiger partial charge in [0.15, 0.2) is 0 Å². The van der Waals surface area contributed by atoms with Gasteiger partial charge in [-0.1, -0.05) is 0 Å². The SMILES string of the molecule is COc1cc(C)c(C(O)(C(F)(F)F)C(F)(F)F)c(C)c1. The molecule has 1 aromatic rings. The zero-order valence-corrected chi connectivity index (χ0v) is 10.8. The zero-order chi connectivity index (χ0) is 15.9. The molecule has 0 atom stereocenters. The second-order valence-corrected chi connectivity index (χ2v) is 4.34. The second kappa shape index (κ2) is 4.83. The Morgan fingerprint density at radius 2 is 1.25 bits per heavy atom. The van der Waals surface area contributed by atoms with Gasteiger partial charge in [-0.05, 0) is 37.1 Å². The first-order valence-corrected chi connectivity index (χ1v) is 5.37. The molecule has 2 nitrogen and oxygen atoms in total. The molecule has 0 aliphatic heterocycles. The summed E-state index contributed by atoms with van der Waals surface area (Å²) in [6, 6.07) is 2.01. The quantitative estimate of drug-likeness (QED) is 0.845. The summed E-state index contributed by atoms with van der Waals surface area (Å²) in [5.41, 5.74) is -6.86. The maximum absolute atomic E-state index is 12.8. The Morgan fingerprint density at radius 3 is 1.50 bits per heavy atom. The molecule has 8 heteroatoms. The standard InChI is InChI=1S/C12H12F6O2/c1-6-4-8(20-3)5-7(2)9(6)10(19,11(13,14)15)12(16,17)18/h4-5,19H,1-3H3. The van der Waals surface area contributed by atoms with Gasteiger partial charge in [0.25, 0.3) is 5.60 Å². The number of hydrogen-bond acceptors (Lipinski definition) is 2. The lowest BCUT2D eigenvalue weighted by Gasteiger charge is -2.35. The van der Waals surface area contributed by atoms with E-state index >= 15 is 0 Å². The molecule has 0 fully saturated rings. The molecule has 0 saturated carbocycles. The van der Waals surface area contributed by atoms with E-state index in [1.165, 1.54) is 7.11 Å². The summed E-state index contributed by atoms with van der Waals surface area (Å²) in [5.74, 6) is 0.107. The Balaban J connectivity index is 3.69. The highest BCUT2D eigenvalue weighted by Gasteiger charge is 2.72. The van der Waals surface area contributed by atoms with Crippen LogP contribution >= 0.6 is 0 Å². The molecule has 0 spiro atoms. The maximum atomic E-state index is 12.8. The lowest BCUT2D eigenvalue weighted by molar-refractivity contribution is -0.376. The molecule has 0 unspecified atom stereocenters. The zero-order valence-electron chi connectivity index (χ0n) is 10.8. The van der Waals surface area contributed by atoms with Gasteiger partial charge in [0.2, 0.25) is 0 Å². The lowest BCUT2D eigenvalue weighted by Crippen LogP contribution is -2.54. The summed E-state index contributed by atoms with van der Waals surface area (Å²) >= 11 is 0. The van der Waals surface area contributed by atoms with Gasteiger partial charge in [0.05, 0.1) is 7.11 Å². The van der Waals surface area contributed by atoms with Crippen LogP contribution in [0, 0.1) is 13.8 Å². The number of aryl methyl sites for hydroxylation is 2. The number of benzene rings is 1. The molecule has 0 saturated heterocycles. The largest absolute Gasteiger partial charge is 0.497 e. The molecule has 0 amide bonds. The van der Waals surface area contributed by atoms with Crippen molar-refractivity contribution in [2.75, 3.05) is 7.11 Å². The van der Waals surface area contributed by atoms with Crippen molar-refractivity contribution >= 4 is 0 Å². The Bertz CT molecular complexity index is 467. The highest BCUT2D eigenvalue weighted by atomic mass is 19.4. The molecular weight excluding hydrogens is 290 g/mol. The van der Waals surface area contributed by atoms with E-state index in [9.17, 15) is 31.4 Å². The molecule has 114 valence electrons. The third-order valence-electron chi connectivity index (χ3n) is 2.92. The van der Waals surface area contributed by atoms with Gasteiger partial charge in [-0.2, -0.15) is 26.3 Å². The lowest BCUT2D eigenvalue weighted by atomic mass is 9.85. The van der Waals surface area contributed by atoms with Crippen LogP contribution in [0.4, 0.5) is 26.3 Å². The summed E-state index contributed by atoms with van der Waals surface area (Å²) in [6.07, 6.45) is -11.8. The Labute approximate surface area is 111 Å². The van der Waals surface area contributed by atoms with Gasteiger partial charge in [-0.15, -0.1) is 0 Å². The fourth-order valence-electron chi connectivity index (χ4n) is 2.06. The number of methoxy groups -OCH3 is 1. The minimum atomic E-state index is -5.89. The molecule has 0 aliphatic rings. The van der Waals surface area contributed by atoms with Crippen LogP contribution < -0.4 is 4.74 Å². The van der Waals surface area contributed by atoms with E-state index in [-0.39, 0.29) is 16.9 Å². The van der Waals surface area contributed by atoms with Crippen molar-refractivity contribution in [3.8, 4) is 5.75 Å². The minimum absolute atomic E-state index is 0.107. The first-order valence-electron chi connectivity index (χ1n) is 5.37. The van der Waals surface area contributed by atoms with Crippen molar-refractivity contribution in [1.29, 1.82) is 0 Å². The van der Waals surface area contributed by atoms with E-state index in [1.807, 2.05) is 0 Å². The van der Waals surface area contributed by atoms with E-state index < -0.39 is 23.5 Å². The van der Waals surface area contributed by atoms with Gasteiger partial charge >= 0.3 is 12.4 Å². The molecule has 1 N–H and O–H groups in total. The molecule has 1 aromatic carbocycles. The molecule has 1 rings (SSSR count). The van der Waals surface area contributed by atoms with Gasteiger partial charge in [-0.25, -0.2) is 0 Å². The minimum Gasteiger partial charge on any atom is -0.497 e. The highest BCUT2D eigenvalue weighted by Crippen LogP contribution is 2.52. The molecular formula is C12H12F6O2. The first kappa shape index (κ1) is 16.6. The Kier molecular flexibility index (Phi) is 4.02. The summed E-state index contributed by atoms with van der Waals surface area (Å²) in [5, 5.41) is 9.39. The van der Waals surface area contributed by atoms with Crippen LogP contribution in [-0.4, -0.2) is 24.6 Å². The maximum Gasteiger partial charge on any atom is 0.430 e. The molecule has 0 radical (unpaired) electrons. The van der Waals surface area contributed by atoms with E-state index in [2.05, 4.69) is 0 Å². The van der Waals surface area contributed by atoms with Crippen molar-refractivity contribution in [3.05, 3.63) is 28.8 Å². The fourth-order valence-corrected chi connectivity index (χ4v) is 2.06. The summed E-state index contributed by atoms with van der Waals surface area (Å²) in [4.78, 5) is 0. The molecule has 0 heterocycles. The molecule has 0 aliphatic carbocycles. The average Bonchev–Trinajstić information content (AvgIpc) is 2.24. The smallest absolute Gasteiger partial charge is 0.430 e. The number of hydrogen-bond donors (Lipinski definition) is 1. The van der Waals surface area contributed by atoms with E-state index in [4.69, 9.17) is 4.74 Å². The fraction of sp³-hybridized carbons (Fsp3) is 0.500. The second-order valence-electron chi connectivity index (χ2n) is 4.34. The molecule has 0 aromatic heterocycles. The summed E-state index contributed by atoms with van der Waals surface area (Å²) in [6.45, 7) is 2.10.